The molecular formula is C12H20N2O2. The topological polar surface area (TPSA) is 62.1 Å². The van der Waals surface area contributed by atoms with Crippen molar-refractivity contribution >= 4 is 5.91 Å². The predicted molar refractivity (Wildman–Crippen MR) is 62.7 cm³/mol. The Kier molecular flexibility index (Phi) is 9.33. The van der Waals surface area contributed by atoms with Gasteiger partial charge in [0.25, 0.3) is 5.91 Å². The van der Waals surface area contributed by atoms with Gasteiger partial charge in [0.2, 0.25) is 0 Å². The second kappa shape index (κ2) is 10.2. The monoisotopic (exact) mass is 224 g/mol. The van der Waals surface area contributed by atoms with Crippen molar-refractivity contribution in [3.05, 3.63) is 12.2 Å². The molecular weight excluding hydrogens is 204 g/mol. The number of ether oxygens (including phenoxy) is 1. The van der Waals surface area contributed by atoms with Crippen molar-refractivity contribution in [1.82, 2.24) is 5.32 Å². The van der Waals surface area contributed by atoms with Crippen molar-refractivity contribution in [1.29, 1.82) is 5.26 Å². The van der Waals surface area contributed by atoms with Gasteiger partial charge >= 0.3 is 0 Å². The number of hydrogen-bond donors (Lipinski definition) is 1. The average molecular weight is 224 g/mol. The van der Waals surface area contributed by atoms with Crippen LogP contribution < -0.4 is 5.32 Å². The lowest BCUT2D eigenvalue weighted by atomic mass is 10.2. The first-order valence-electron chi connectivity index (χ1n) is 5.67. The summed E-state index contributed by atoms with van der Waals surface area (Å²) < 4.78 is 5.32. The van der Waals surface area contributed by atoms with E-state index in [0.29, 0.717) is 6.54 Å². The van der Waals surface area contributed by atoms with Gasteiger partial charge in [0.15, 0.2) is 0 Å². The largest absolute Gasteiger partial charge is 0.381 e. The second-order valence-corrected chi connectivity index (χ2v) is 3.52. The molecule has 4 nitrogen and oxygen atoms in total. The van der Waals surface area contributed by atoms with Gasteiger partial charge in [-0.1, -0.05) is 13.5 Å². The molecule has 0 rings (SSSR count). The Morgan fingerprint density at radius 2 is 2.12 bits per heavy atom. The number of nitrogens with one attached hydrogen (secondary N) is 1. The van der Waals surface area contributed by atoms with Crippen LogP contribution in [-0.2, 0) is 9.53 Å². The maximum atomic E-state index is 11.1. The quantitative estimate of drug-likeness (QED) is 0.369. The van der Waals surface area contributed by atoms with E-state index in [9.17, 15) is 4.79 Å². The Morgan fingerprint density at radius 1 is 1.38 bits per heavy atom. The molecule has 0 atom stereocenters. The number of nitriles is 1. The van der Waals surface area contributed by atoms with Crippen molar-refractivity contribution in [3.8, 4) is 6.07 Å². The normalized spacial score (nSPS) is 9.50. The highest BCUT2D eigenvalue weighted by Gasteiger charge is 2.03. The van der Waals surface area contributed by atoms with Gasteiger partial charge in [0, 0.05) is 19.8 Å². The zero-order valence-electron chi connectivity index (χ0n) is 9.92. The van der Waals surface area contributed by atoms with Gasteiger partial charge in [-0.15, -0.1) is 0 Å². The highest BCUT2D eigenvalue weighted by atomic mass is 16.5. The van der Waals surface area contributed by atoms with Gasteiger partial charge in [0.1, 0.15) is 11.6 Å². The van der Waals surface area contributed by atoms with Gasteiger partial charge in [0.05, 0.1) is 0 Å². The first kappa shape index (κ1) is 14.7. The van der Waals surface area contributed by atoms with E-state index in [2.05, 4.69) is 18.8 Å². The third-order valence-corrected chi connectivity index (χ3v) is 2.01. The average Bonchev–Trinajstić information content (AvgIpc) is 2.31. The van der Waals surface area contributed by atoms with E-state index in [1.807, 2.05) is 0 Å². The lowest BCUT2D eigenvalue weighted by molar-refractivity contribution is -0.117. The summed E-state index contributed by atoms with van der Waals surface area (Å²) in [6, 6.07) is 1.71. The molecule has 0 bridgehead atoms. The smallest absolute Gasteiger partial charge is 0.261 e. The molecule has 0 unspecified atom stereocenters. The molecule has 0 fully saturated rings. The van der Waals surface area contributed by atoms with Crippen LogP contribution in [0.1, 0.15) is 32.6 Å². The fourth-order valence-corrected chi connectivity index (χ4v) is 1.11. The minimum Gasteiger partial charge on any atom is -0.381 e. The standard InChI is InChI=1S/C12H20N2O2/c1-3-8-16-9-6-4-5-7-14-12(15)11(2)10-13/h2-9H2,1H3,(H,14,15). The van der Waals surface area contributed by atoms with Gasteiger partial charge in [-0.05, 0) is 25.7 Å². The van der Waals surface area contributed by atoms with Crippen LogP contribution in [0, 0.1) is 11.3 Å². The third kappa shape index (κ3) is 8.01. The molecule has 0 radical (unpaired) electrons. The molecule has 16 heavy (non-hydrogen) atoms. The molecule has 4 heteroatoms. The van der Waals surface area contributed by atoms with Crippen molar-refractivity contribution in [2.45, 2.75) is 32.6 Å². The highest BCUT2D eigenvalue weighted by molar-refractivity contribution is 5.96. The highest BCUT2D eigenvalue weighted by Crippen LogP contribution is 1.96. The van der Waals surface area contributed by atoms with E-state index in [4.69, 9.17) is 10.00 Å². The summed E-state index contributed by atoms with van der Waals surface area (Å²) in [4.78, 5) is 11.1. The first-order chi connectivity index (χ1) is 7.72. The molecule has 0 spiro atoms. The number of rotatable bonds is 9. The zero-order valence-corrected chi connectivity index (χ0v) is 9.92. The summed E-state index contributed by atoms with van der Waals surface area (Å²) in [6.45, 7) is 7.60. The van der Waals surface area contributed by atoms with E-state index in [1.54, 1.807) is 6.07 Å². The van der Waals surface area contributed by atoms with Crippen LogP contribution in [0.25, 0.3) is 0 Å². The Bertz CT molecular complexity index is 256. The number of nitrogens with zero attached hydrogens (tertiary/aromatic N) is 1. The molecule has 0 aliphatic rings. The Labute approximate surface area is 97.3 Å². The molecule has 0 saturated carbocycles. The number of hydrogen-bond acceptors (Lipinski definition) is 3. The maximum Gasteiger partial charge on any atom is 0.261 e. The summed E-state index contributed by atoms with van der Waals surface area (Å²) in [6.07, 6.45) is 3.98. The Morgan fingerprint density at radius 3 is 2.75 bits per heavy atom. The predicted octanol–water partition coefficient (Wildman–Crippen LogP) is 1.78. The summed E-state index contributed by atoms with van der Waals surface area (Å²) in [5, 5.41) is 11.0. The molecule has 1 amide bonds. The summed E-state index contributed by atoms with van der Waals surface area (Å²) >= 11 is 0. The lowest BCUT2D eigenvalue weighted by Gasteiger charge is -2.04. The summed E-state index contributed by atoms with van der Waals surface area (Å²) in [5.74, 6) is -0.371. The Hall–Kier alpha value is -1.34. The SMILES string of the molecule is C=C(C#N)C(=O)NCCCCCOCCC. The van der Waals surface area contributed by atoms with Crippen LogP contribution in [0.15, 0.2) is 12.2 Å². The maximum absolute atomic E-state index is 11.1. The van der Waals surface area contributed by atoms with E-state index in [-0.39, 0.29) is 11.5 Å². The van der Waals surface area contributed by atoms with Crippen molar-refractivity contribution < 1.29 is 9.53 Å². The summed E-state index contributed by atoms with van der Waals surface area (Å²) in [5.41, 5.74) is -0.0359. The van der Waals surface area contributed by atoms with Crippen molar-refractivity contribution in [3.63, 3.8) is 0 Å². The molecule has 90 valence electrons. The van der Waals surface area contributed by atoms with Crippen LogP contribution in [0.5, 0.6) is 0 Å². The molecule has 0 saturated heterocycles. The molecule has 0 aliphatic heterocycles. The molecule has 1 N–H and O–H groups in total. The lowest BCUT2D eigenvalue weighted by Crippen LogP contribution is -2.25. The Balaban J connectivity index is 3.25. The van der Waals surface area contributed by atoms with E-state index in [1.165, 1.54) is 0 Å². The van der Waals surface area contributed by atoms with Crippen LogP contribution in [-0.4, -0.2) is 25.7 Å². The van der Waals surface area contributed by atoms with Crippen LogP contribution >= 0.6 is 0 Å². The number of carbonyl (C=O) groups is 1. The van der Waals surface area contributed by atoms with Crippen molar-refractivity contribution in [2.24, 2.45) is 0 Å². The van der Waals surface area contributed by atoms with Gasteiger partial charge in [-0.3, -0.25) is 4.79 Å². The molecule has 0 aliphatic carbocycles. The minimum atomic E-state index is -0.371. The van der Waals surface area contributed by atoms with Crippen LogP contribution in [0.4, 0.5) is 0 Å². The molecule has 0 aromatic carbocycles. The molecule has 0 heterocycles. The van der Waals surface area contributed by atoms with Gasteiger partial charge in [-0.25, -0.2) is 0 Å². The number of unbranched alkanes of at least 4 members (excludes halogenated alkanes) is 2. The van der Waals surface area contributed by atoms with Gasteiger partial charge in [-0.2, -0.15) is 5.26 Å². The summed E-state index contributed by atoms with van der Waals surface area (Å²) in [7, 11) is 0. The first-order valence-corrected chi connectivity index (χ1v) is 5.67. The van der Waals surface area contributed by atoms with Crippen LogP contribution in [0.2, 0.25) is 0 Å². The van der Waals surface area contributed by atoms with Crippen molar-refractivity contribution in [2.75, 3.05) is 19.8 Å². The molecule has 0 aromatic rings. The number of carbonyl (C=O) groups excluding carboxylic acids is 1. The molecule has 0 aromatic heterocycles. The van der Waals surface area contributed by atoms with Gasteiger partial charge < -0.3 is 10.1 Å². The number of amides is 1. The van der Waals surface area contributed by atoms with E-state index < -0.39 is 0 Å². The minimum absolute atomic E-state index is 0.0359. The van der Waals surface area contributed by atoms with Crippen LogP contribution in [0.3, 0.4) is 0 Å². The zero-order chi connectivity index (χ0) is 12.2. The third-order valence-electron chi connectivity index (χ3n) is 2.01. The van der Waals surface area contributed by atoms with E-state index >= 15 is 0 Å². The second-order valence-electron chi connectivity index (χ2n) is 3.52. The fraction of sp³-hybridized carbons (Fsp3) is 0.667. The van der Waals surface area contributed by atoms with E-state index in [0.717, 1.165) is 38.9 Å². The fourth-order valence-electron chi connectivity index (χ4n) is 1.11.